The van der Waals surface area contributed by atoms with Gasteiger partial charge in [0, 0.05) is 5.54 Å². The molecule has 10 nitrogen and oxygen atoms in total. The lowest BCUT2D eigenvalue weighted by Crippen LogP contribution is -2.49. The number of carbonyl (C=O) groups excluding carboxylic acids is 3. The summed E-state index contributed by atoms with van der Waals surface area (Å²) in [5.41, 5.74) is 10.2. The topological polar surface area (TPSA) is 150 Å². The number of benzene rings is 2. The third-order valence-electron chi connectivity index (χ3n) is 5.21. The fourth-order valence-electron chi connectivity index (χ4n) is 3.63. The number of para-hydroxylation sites is 1. The van der Waals surface area contributed by atoms with Crippen LogP contribution >= 0.6 is 11.5 Å². The van der Waals surface area contributed by atoms with Gasteiger partial charge in [-0.15, -0.1) is 0 Å². The van der Waals surface area contributed by atoms with Crippen molar-refractivity contribution in [2.24, 2.45) is 5.73 Å². The van der Waals surface area contributed by atoms with Crippen LogP contribution in [0.1, 0.15) is 52.5 Å². The Labute approximate surface area is 217 Å². The van der Waals surface area contributed by atoms with Gasteiger partial charge in [-0.1, -0.05) is 18.2 Å². The first-order valence-electron chi connectivity index (χ1n) is 11.1. The maximum absolute atomic E-state index is 15.2. The van der Waals surface area contributed by atoms with Crippen LogP contribution in [0.15, 0.2) is 42.5 Å². The third kappa shape index (κ3) is 5.80. The molecule has 37 heavy (non-hydrogen) atoms. The quantitative estimate of drug-likeness (QED) is 0.405. The average molecular weight is 530 g/mol. The van der Waals surface area contributed by atoms with Crippen LogP contribution in [0.5, 0.6) is 11.5 Å². The summed E-state index contributed by atoms with van der Waals surface area (Å²) in [5, 5.41) is 2.85. The van der Waals surface area contributed by atoms with Gasteiger partial charge in [-0.05, 0) is 62.1 Å². The largest absolute Gasteiger partial charge is 0.493 e. The molecule has 0 bridgehead atoms. The minimum absolute atomic E-state index is 0.175. The Hall–Kier alpha value is -4.19. The summed E-state index contributed by atoms with van der Waals surface area (Å²) < 4.78 is 29.8. The van der Waals surface area contributed by atoms with Crippen molar-refractivity contribution < 1.29 is 28.2 Å². The maximum Gasteiger partial charge on any atom is 0.273 e. The van der Waals surface area contributed by atoms with Gasteiger partial charge in [0.15, 0.2) is 17.2 Å². The van der Waals surface area contributed by atoms with Gasteiger partial charge in [-0.3, -0.25) is 19.3 Å². The smallest absolute Gasteiger partial charge is 0.273 e. The number of nitrogens with zero attached hydrogens (tertiary/aromatic N) is 2. The number of nitrogen functional groups attached to an aromatic ring is 1. The Morgan fingerprint density at radius 1 is 1.08 bits per heavy atom. The molecule has 0 radical (unpaired) electrons. The van der Waals surface area contributed by atoms with Crippen LogP contribution in [-0.2, 0) is 4.79 Å². The lowest BCUT2D eigenvalue weighted by Gasteiger charge is -2.34. The number of anilines is 2. The molecule has 2 aromatic carbocycles. The maximum atomic E-state index is 15.2. The van der Waals surface area contributed by atoms with E-state index in [0.29, 0.717) is 28.6 Å². The Morgan fingerprint density at radius 3 is 2.27 bits per heavy atom. The number of nitrogens with one attached hydrogen (secondary N) is 1. The Morgan fingerprint density at radius 2 is 1.73 bits per heavy atom. The summed E-state index contributed by atoms with van der Waals surface area (Å²) in [6, 6.07) is 8.78. The van der Waals surface area contributed by atoms with Crippen molar-refractivity contribution in [2.75, 3.05) is 24.9 Å². The standard InChI is InChI=1S/C25H28FN5O5S/c1-25(2,3)29-23(33)20(13-10-11-16(35-4)17(12-13)36-5)31(15-9-7-6-8-14(15)26)24(34)21-18(27)19(22(28)32)30-37-21/h6-12,20H,27H2,1-5H3,(H2,28,32)(H,29,33). The zero-order chi connectivity index (χ0) is 27.5. The number of primary amides is 1. The molecule has 0 aliphatic carbocycles. The molecule has 12 heteroatoms. The first-order chi connectivity index (χ1) is 17.4. The first-order valence-corrected chi connectivity index (χ1v) is 11.8. The van der Waals surface area contributed by atoms with E-state index in [4.69, 9.17) is 20.9 Å². The van der Waals surface area contributed by atoms with Crippen molar-refractivity contribution >= 4 is 40.6 Å². The Kier molecular flexibility index (Phi) is 8.02. The van der Waals surface area contributed by atoms with Crippen LogP contribution < -0.4 is 31.2 Å². The molecule has 3 amide bonds. The Bertz CT molecular complexity index is 1340. The molecule has 0 spiro atoms. The first kappa shape index (κ1) is 27.4. The van der Waals surface area contributed by atoms with Gasteiger partial charge in [0.05, 0.1) is 25.6 Å². The molecule has 196 valence electrons. The number of hydrogen-bond acceptors (Lipinski definition) is 8. The number of aromatic nitrogens is 1. The van der Waals surface area contributed by atoms with Crippen molar-refractivity contribution in [3.63, 3.8) is 0 Å². The van der Waals surface area contributed by atoms with Gasteiger partial charge in [0.2, 0.25) is 5.91 Å². The lowest BCUT2D eigenvalue weighted by molar-refractivity contribution is -0.123. The summed E-state index contributed by atoms with van der Waals surface area (Å²) in [4.78, 5) is 40.3. The van der Waals surface area contributed by atoms with E-state index in [-0.39, 0.29) is 21.9 Å². The number of amides is 3. The van der Waals surface area contributed by atoms with Crippen LogP contribution in [0.4, 0.5) is 15.8 Å². The average Bonchev–Trinajstić information content (AvgIpc) is 3.22. The predicted molar refractivity (Wildman–Crippen MR) is 138 cm³/mol. The molecule has 1 unspecified atom stereocenters. The number of halogens is 1. The van der Waals surface area contributed by atoms with E-state index in [2.05, 4.69) is 9.69 Å². The van der Waals surface area contributed by atoms with Gasteiger partial charge < -0.3 is 26.3 Å². The van der Waals surface area contributed by atoms with Gasteiger partial charge in [0.1, 0.15) is 16.7 Å². The van der Waals surface area contributed by atoms with E-state index < -0.39 is 35.1 Å². The van der Waals surface area contributed by atoms with E-state index in [9.17, 15) is 14.4 Å². The summed E-state index contributed by atoms with van der Waals surface area (Å²) in [6.45, 7) is 5.31. The van der Waals surface area contributed by atoms with Crippen LogP contribution in [0, 0.1) is 5.82 Å². The van der Waals surface area contributed by atoms with Crippen LogP contribution in [0.2, 0.25) is 0 Å². The number of hydrogen-bond donors (Lipinski definition) is 3. The molecular formula is C25H28FN5O5S. The molecule has 1 heterocycles. The number of carbonyl (C=O) groups is 3. The van der Waals surface area contributed by atoms with Crippen molar-refractivity contribution in [3.8, 4) is 11.5 Å². The minimum Gasteiger partial charge on any atom is -0.493 e. The molecule has 1 aromatic heterocycles. The van der Waals surface area contributed by atoms with Crippen LogP contribution in [0.3, 0.4) is 0 Å². The second-order valence-electron chi connectivity index (χ2n) is 9.02. The van der Waals surface area contributed by atoms with Crippen molar-refractivity contribution in [1.82, 2.24) is 9.69 Å². The molecule has 0 aliphatic heterocycles. The molecule has 3 rings (SSSR count). The molecule has 1 atom stereocenters. The Balaban J connectivity index is 2.30. The summed E-state index contributed by atoms with van der Waals surface area (Å²) in [6.07, 6.45) is 0. The number of rotatable bonds is 8. The lowest BCUT2D eigenvalue weighted by atomic mass is 9.99. The van der Waals surface area contributed by atoms with E-state index >= 15 is 4.39 Å². The minimum atomic E-state index is -1.39. The summed E-state index contributed by atoms with van der Waals surface area (Å²) >= 11 is 0.627. The van der Waals surface area contributed by atoms with Crippen molar-refractivity contribution in [1.29, 1.82) is 0 Å². The van der Waals surface area contributed by atoms with Crippen LogP contribution in [0.25, 0.3) is 0 Å². The van der Waals surface area contributed by atoms with E-state index in [0.717, 1.165) is 11.0 Å². The number of ether oxygens (including phenoxy) is 2. The normalized spacial score (nSPS) is 11.9. The van der Waals surface area contributed by atoms with E-state index in [1.165, 1.54) is 38.5 Å². The fraction of sp³-hybridized carbons (Fsp3) is 0.280. The predicted octanol–water partition coefficient (Wildman–Crippen LogP) is 3.28. The highest BCUT2D eigenvalue weighted by Crippen LogP contribution is 2.37. The molecule has 0 fully saturated rings. The summed E-state index contributed by atoms with van der Waals surface area (Å²) in [7, 11) is 2.88. The van der Waals surface area contributed by atoms with Gasteiger partial charge in [-0.2, -0.15) is 4.37 Å². The molecular weight excluding hydrogens is 501 g/mol. The number of nitrogens with two attached hydrogens (primary N) is 2. The molecule has 5 N–H and O–H groups in total. The second-order valence-corrected chi connectivity index (χ2v) is 9.79. The number of methoxy groups -OCH3 is 2. The van der Waals surface area contributed by atoms with Gasteiger partial charge >= 0.3 is 0 Å². The van der Waals surface area contributed by atoms with E-state index in [1.54, 1.807) is 32.9 Å². The van der Waals surface area contributed by atoms with Gasteiger partial charge in [0.25, 0.3) is 11.8 Å². The highest BCUT2D eigenvalue weighted by atomic mass is 32.1. The van der Waals surface area contributed by atoms with E-state index in [1.807, 2.05) is 0 Å². The fourth-order valence-corrected chi connectivity index (χ4v) is 4.37. The second kappa shape index (κ2) is 10.8. The molecule has 0 saturated carbocycles. The van der Waals surface area contributed by atoms with Crippen molar-refractivity contribution in [2.45, 2.75) is 32.4 Å². The third-order valence-corrected chi connectivity index (χ3v) is 6.07. The molecule has 0 saturated heterocycles. The zero-order valence-corrected chi connectivity index (χ0v) is 21.8. The highest BCUT2D eigenvalue weighted by Gasteiger charge is 2.38. The highest BCUT2D eigenvalue weighted by molar-refractivity contribution is 7.09. The molecule has 0 aliphatic rings. The van der Waals surface area contributed by atoms with Crippen LogP contribution in [-0.4, -0.2) is 41.9 Å². The van der Waals surface area contributed by atoms with Gasteiger partial charge in [-0.25, -0.2) is 4.39 Å². The molecule has 3 aromatic rings. The SMILES string of the molecule is COc1ccc(C(C(=O)NC(C)(C)C)N(C(=O)c2snc(C(N)=O)c2N)c2ccccc2F)cc1OC. The summed E-state index contributed by atoms with van der Waals surface area (Å²) in [5.74, 6) is -2.45. The van der Waals surface area contributed by atoms with Crippen molar-refractivity contribution in [3.05, 3.63) is 64.4 Å². The monoisotopic (exact) mass is 529 g/mol. The zero-order valence-electron chi connectivity index (χ0n) is 21.0.